The van der Waals surface area contributed by atoms with E-state index in [0.717, 1.165) is 4.47 Å². The average Bonchev–Trinajstić information content (AvgIpc) is 2.75. The Morgan fingerprint density at radius 3 is 2.94 bits per heavy atom. The van der Waals surface area contributed by atoms with Crippen molar-refractivity contribution in [1.82, 2.24) is 9.88 Å². The summed E-state index contributed by atoms with van der Waals surface area (Å²) in [7, 11) is 0. The van der Waals surface area contributed by atoms with Gasteiger partial charge in [0.1, 0.15) is 5.69 Å². The molecule has 2 heterocycles. The van der Waals surface area contributed by atoms with Gasteiger partial charge in [-0.3, -0.25) is 4.79 Å². The molecule has 1 aromatic rings. The highest BCUT2D eigenvalue weighted by atomic mass is 79.9. The van der Waals surface area contributed by atoms with Crippen LogP contribution in [0, 0.1) is 0 Å². The number of H-pyrrole nitrogens is 1. The number of carboxylic acids is 1. The molecule has 0 bridgehead atoms. The van der Waals surface area contributed by atoms with E-state index in [-0.39, 0.29) is 19.1 Å². The van der Waals surface area contributed by atoms with Crippen molar-refractivity contribution in [2.24, 2.45) is 0 Å². The van der Waals surface area contributed by atoms with Gasteiger partial charge in [-0.15, -0.1) is 0 Å². The van der Waals surface area contributed by atoms with Crippen LogP contribution in [-0.4, -0.2) is 52.7 Å². The summed E-state index contributed by atoms with van der Waals surface area (Å²) in [5, 5.41) is 8.83. The Kier molecular flexibility index (Phi) is 3.49. The first-order valence-electron chi connectivity index (χ1n) is 5.05. The van der Waals surface area contributed by atoms with Crippen molar-refractivity contribution in [2.45, 2.75) is 6.10 Å². The number of carbonyl (C=O) groups is 2. The molecule has 1 saturated heterocycles. The Hall–Kier alpha value is -1.34. The molecule has 1 amide bonds. The third kappa shape index (κ3) is 2.67. The molecule has 17 heavy (non-hydrogen) atoms. The van der Waals surface area contributed by atoms with Gasteiger partial charge in [-0.25, -0.2) is 4.79 Å². The van der Waals surface area contributed by atoms with Gasteiger partial charge in [0.2, 0.25) is 0 Å². The summed E-state index contributed by atoms with van der Waals surface area (Å²) in [6.45, 7) is 0.717. The van der Waals surface area contributed by atoms with Crippen LogP contribution >= 0.6 is 15.9 Å². The molecule has 1 aliphatic heterocycles. The predicted octanol–water partition coefficient (Wildman–Crippen LogP) is 0.703. The third-order valence-electron chi connectivity index (χ3n) is 2.51. The molecule has 1 fully saturated rings. The number of nitrogens with one attached hydrogen (secondary N) is 1. The van der Waals surface area contributed by atoms with Gasteiger partial charge in [0.15, 0.2) is 6.10 Å². The zero-order valence-electron chi connectivity index (χ0n) is 8.85. The Labute approximate surface area is 106 Å². The van der Waals surface area contributed by atoms with Crippen molar-refractivity contribution in [1.29, 1.82) is 0 Å². The summed E-state index contributed by atoms with van der Waals surface area (Å²) >= 11 is 3.24. The van der Waals surface area contributed by atoms with Gasteiger partial charge >= 0.3 is 5.97 Å². The van der Waals surface area contributed by atoms with E-state index < -0.39 is 12.1 Å². The molecule has 0 unspecified atom stereocenters. The topological polar surface area (TPSA) is 82.6 Å². The molecule has 0 saturated carbocycles. The zero-order chi connectivity index (χ0) is 12.4. The first-order valence-corrected chi connectivity index (χ1v) is 5.85. The highest BCUT2D eigenvalue weighted by Gasteiger charge is 2.29. The normalized spacial score (nSPS) is 20.3. The molecule has 0 aliphatic carbocycles. The standard InChI is InChI=1S/C10H11BrN2O4/c11-6-3-7(12-4-6)9(14)13-1-2-17-8(5-13)10(15)16/h3-4,8,12H,1-2,5H2,(H,15,16)/t8-/m0/s1. The second-order valence-corrected chi connectivity index (χ2v) is 4.60. The van der Waals surface area contributed by atoms with E-state index in [9.17, 15) is 9.59 Å². The summed E-state index contributed by atoms with van der Waals surface area (Å²) in [6.07, 6.45) is 0.716. The molecule has 2 rings (SSSR count). The second-order valence-electron chi connectivity index (χ2n) is 3.68. The first kappa shape index (κ1) is 12.1. The zero-order valence-corrected chi connectivity index (χ0v) is 10.4. The molecule has 0 aromatic carbocycles. The van der Waals surface area contributed by atoms with Crippen LogP contribution in [0.3, 0.4) is 0 Å². The maximum Gasteiger partial charge on any atom is 0.334 e. The minimum atomic E-state index is -1.05. The largest absolute Gasteiger partial charge is 0.479 e. The number of amides is 1. The molecule has 92 valence electrons. The molecule has 2 N–H and O–H groups in total. The number of ether oxygens (including phenoxy) is 1. The molecular formula is C10H11BrN2O4. The number of halogens is 1. The smallest absolute Gasteiger partial charge is 0.334 e. The number of hydrogen-bond donors (Lipinski definition) is 2. The Morgan fingerprint density at radius 2 is 2.35 bits per heavy atom. The van der Waals surface area contributed by atoms with E-state index in [0.29, 0.717) is 12.2 Å². The number of carboxylic acid groups (broad SMARTS) is 1. The highest BCUT2D eigenvalue weighted by molar-refractivity contribution is 9.10. The number of hydrogen-bond acceptors (Lipinski definition) is 3. The van der Waals surface area contributed by atoms with Gasteiger partial charge in [-0.1, -0.05) is 0 Å². The summed E-state index contributed by atoms with van der Waals surface area (Å²) in [4.78, 5) is 27.1. The van der Waals surface area contributed by atoms with E-state index in [2.05, 4.69) is 20.9 Å². The first-order chi connectivity index (χ1) is 8.08. The molecule has 1 aromatic heterocycles. The van der Waals surface area contributed by atoms with Crippen molar-refractivity contribution in [3.05, 3.63) is 22.4 Å². The van der Waals surface area contributed by atoms with Crippen molar-refractivity contribution in [3.8, 4) is 0 Å². The van der Waals surface area contributed by atoms with Gasteiger partial charge in [0.25, 0.3) is 5.91 Å². The van der Waals surface area contributed by atoms with Crippen LogP contribution in [0.5, 0.6) is 0 Å². The number of morpholine rings is 1. The highest BCUT2D eigenvalue weighted by Crippen LogP contribution is 2.14. The van der Waals surface area contributed by atoms with Crippen LogP contribution in [-0.2, 0) is 9.53 Å². The lowest BCUT2D eigenvalue weighted by atomic mass is 10.2. The van der Waals surface area contributed by atoms with Crippen LogP contribution in [0.25, 0.3) is 0 Å². The van der Waals surface area contributed by atoms with Gasteiger partial charge in [-0.2, -0.15) is 0 Å². The maximum absolute atomic E-state index is 12.0. The lowest BCUT2D eigenvalue weighted by Crippen LogP contribution is -2.48. The number of rotatable bonds is 2. The number of aliphatic carboxylic acids is 1. The molecule has 0 radical (unpaired) electrons. The molecule has 0 spiro atoms. The van der Waals surface area contributed by atoms with Crippen molar-refractivity contribution >= 4 is 27.8 Å². The molecular weight excluding hydrogens is 292 g/mol. The summed E-state index contributed by atoms with van der Waals surface area (Å²) in [5.74, 6) is -1.26. The van der Waals surface area contributed by atoms with Crippen LogP contribution in [0.1, 0.15) is 10.5 Å². The Morgan fingerprint density at radius 1 is 1.59 bits per heavy atom. The van der Waals surface area contributed by atoms with Crippen molar-refractivity contribution < 1.29 is 19.4 Å². The van der Waals surface area contributed by atoms with E-state index in [1.165, 1.54) is 4.90 Å². The van der Waals surface area contributed by atoms with Crippen LogP contribution < -0.4 is 0 Å². The van der Waals surface area contributed by atoms with Crippen molar-refractivity contribution in [3.63, 3.8) is 0 Å². The van der Waals surface area contributed by atoms with Gasteiger partial charge in [-0.05, 0) is 22.0 Å². The summed E-state index contributed by atoms with van der Waals surface area (Å²) in [6, 6.07) is 1.66. The number of carbonyl (C=O) groups excluding carboxylic acids is 1. The second kappa shape index (κ2) is 4.89. The number of aromatic amines is 1. The van der Waals surface area contributed by atoms with E-state index in [1.807, 2.05) is 0 Å². The van der Waals surface area contributed by atoms with Gasteiger partial charge in [0.05, 0.1) is 13.2 Å². The van der Waals surface area contributed by atoms with Crippen LogP contribution in [0.2, 0.25) is 0 Å². The fourth-order valence-corrected chi connectivity index (χ4v) is 1.99. The van der Waals surface area contributed by atoms with Crippen LogP contribution in [0.15, 0.2) is 16.7 Å². The minimum Gasteiger partial charge on any atom is -0.479 e. The Bertz CT molecular complexity index is 445. The SMILES string of the molecule is O=C(O)[C@@H]1CN(C(=O)c2cc(Br)c[nH]2)CCO1. The maximum atomic E-state index is 12.0. The minimum absolute atomic E-state index is 0.0742. The lowest BCUT2D eigenvalue weighted by molar-refractivity contribution is -0.154. The number of aromatic nitrogens is 1. The Balaban J connectivity index is 2.07. The molecule has 7 heteroatoms. The monoisotopic (exact) mass is 302 g/mol. The lowest BCUT2D eigenvalue weighted by Gasteiger charge is -2.30. The summed E-state index contributed by atoms with van der Waals surface area (Å²) in [5.41, 5.74) is 0.433. The van der Waals surface area contributed by atoms with E-state index in [1.54, 1.807) is 12.3 Å². The average molecular weight is 303 g/mol. The number of nitrogens with zero attached hydrogens (tertiary/aromatic N) is 1. The fourth-order valence-electron chi connectivity index (χ4n) is 1.64. The van der Waals surface area contributed by atoms with Gasteiger partial charge < -0.3 is 19.7 Å². The van der Waals surface area contributed by atoms with Crippen molar-refractivity contribution in [2.75, 3.05) is 19.7 Å². The predicted molar refractivity (Wildman–Crippen MR) is 61.8 cm³/mol. The van der Waals surface area contributed by atoms with Crippen LogP contribution in [0.4, 0.5) is 0 Å². The quantitative estimate of drug-likeness (QED) is 0.842. The third-order valence-corrected chi connectivity index (χ3v) is 2.97. The van der Waals surface area contributed by atoms with E-state index in [4.69, 9.17) is 9.84 Å². The van der Waals surface area contributed by atoms with Gasteiger partial charge in [0, 0.05) is 17.2 Å². The molecule has 6 nitrogen and oxygen atoms in total. The van der Waals surface area contributed by atoms with E-state index >= 15 is 0 Å². The molecule has 1 aliphatic rings. The molecule has 1 atom stereocenters. The fraction of sp³-hybridized carbons (Fsp3) is 0.400. The summed E-state index contributed by atoms with van der Waals surface area (Å²) < 4.78 is 5.83.